The zero-order valence-electron chi connectivity index (χ0n) is 12.5. The van der Waals surface area contributed by atoms with Crippen LogP contribution in [0.1, 0.15) is 30.8 Å². The molecule has 1 aromatic carbocycles. The quantitative estimate of drug-likeness (QED) is 0.916. The molecule has 4 nitrogen and oxygen atoms in total. The van der Waals surface area contributed by atoms with Gasteiger partial charge in [-0.25, -0.2) is 4.98 Å². The number of benzene rings is 1. The second-order valence-electron chi connectivity index (χ2n) is 5.95. The summed E-state index contributed by atoms with van der Waals surface area (Å²) in [7, 11) is 1.98. The van der Waals surface area contributed by atoms with Crippen molar-refractivity contribution >= 4 is 5.91 Å². The maximum atomic E-state index is 12.3. The van der Waals surface area contributed by atoms with Gasteiger partial charge in [0.2, 0.25) is 5.91 Å². The van der Waals surface area contributed by atoms with Crippen molar-refractivity contribution in [3.8, 4) is 0 Å². The lowest BCUT2D eigenvalue weighted by molar-refractivity contribution is -0.123. The number of aryl methyl sites for hydroxylation is 1. The second-order valence-corrected chi connectivity index (χ2v) is 5.95. The van der Waals surface area contributed by atoms with Crippen LogP contribution < -0.4 is 5.32 Å². The van der Waals surface area contributed by atoms with Gasteiger partial charge in [0, 0.05) is 31.8 Å². The van der Waals surface area contributed by atoms with Crippen LogP contribution in [-0.4, -0.2) is 15.5 Å². The Balaban J connectivity index is 1.77. The lowest BCUT2D eigenvalue weighted by atomic mass is 10.0. The number of carbonyl (C=O) groups excluding carboxylic acids is 1. The molecule has 0 aliphatic heterocycles. The first-order chi connectivity index (χ1) is 10.1. The van der Waals surface area contributed by atoms with Crippen molar-refractivity contribution in [2.45, 2.75) is 25.8 Å². The van der Waals surface area contributed by atoms with E-state index < -0.39 is 0 Å². The third-order valence-electron chi connectivity index (χ3n) is 4.27. The summed E-state index contributed by atoms with van der Waals surface area (Å²) in [6.07, 6.45) is 5.44. The summed E-state index contributed by atoms with van der Waals surface area (Å²) in [5, 5.41) is 3.20. The second kappa shape index (κ2) is 5.72. The lowest BCUT2D eigenvalue weighted by Crippen LogP contribution is -2.32. The molecule has 4 heteroatoms. The molecule has 110 valence electrons. The summed E-state index contributed by atoms with van der Waals surface area (Å²) in [4.78, 5) is 16.7. The van der Waals surface area contributed by atoms with Crippen molar-refractivity contribution in [1.82, 2.24) is 14.9 Å². The van der Waals surface area contributed by atoms with Gasteiger partial charge in [0.15, 0.2) is 0 Å². The molecule has 1 heterocycles. The molecule has 1 aromatic heterocycles. The normalized spacial score (nSPS) is 21.8. The number of amides is 1. The van der Waals surface area contributed by atoms with Gasteiger partial charge in [0.1, 0.15) is 5.82 Å². The van der Waals surface area contributed by atoms with Gasteiger partial charge in [-0.15, -0.1) is 0 Å². The number of hydrogen-bond donors (Lipinski definition) is 1. The maximum absolute atomic E-state index is 12.3. The first-order valence-electron chi connectivity index (χ1n) is 7.46. The van der Waals surface area contributed by atoms with Crippen molar-refractivity contribution in [1.29, 1.82) is 0 Å². The molecule has 1 aliphatic carbocycles. The van der Waals surface area contributed by atoms with Gasteiger partial charge in [-0.2, -0.15) is 0 Å². The van der Waals surface area contributed by atoms with Gasteiger partial charge in [-0.05, 0) is 17.9 Å². The highest BCUT2D eigenvalue weighted by molar-refractivity contribution is 5.81. The third kappa shape index (κ3) is 3.15. The molecule has 3 atom stereocenters. The molecule has 1 saturated carbocycles. The summed E-state index contributed by atoms with van der Waals surface area (Å²) in [6, 6.07) is 10.1. The van der Waals surface area contributed by atoms with E-state index in [2.05, 4.69) is 29.4 Å². The van der Waals surface area contributed by atoms with E-state index in [0.717, 1.165) is 17.8 Å². The van der Waals surface area contributed by atoms with Crippen LogP contribution in [-0.2, 0) is 18.3 Å². The predicted molar refractivity (Wildman–Crippen MR) is 81.5 cm³/mol. The maximum Gasteiger partial charge on any atom is 0.223 e. The fourth-order valence-electron chi connectivity index (χ4n) is 2.68. The molecule has 0 saturated heterocycles. The van der Waals surface area contributed by atoms with Gasteiger partial charge in [-0.3, -0.25) is 4.79 Å². The summed E-state index contributed by atoms with van der Waals surface area (Å²) in [6.45, 7) is 2.13. The standard InChI is InChI=1S/C17H21N3O/c1-12-10-14(12)17(21)19-15(13-6-4-3-5-7-13)11-16-18-8-9-20(16)2/h3-9,12,14-15H,10-11H2,1-2H3,(H,19,21)/t12-,14+,15-/m1/s1. The first-order valence-corrected chi connectivity index (χ1v) is 7.46. The molecule has 1 N–H and O–H groups in total. The molecule has 1 amide bonds. The largest absolute Gasteiger partial charge is 0.349 e. The van der Waals surface area contributed by atoms with Crippen LogP contribution in [0, 0.1) is 11.8 Å². The number of rotatable bonds is 5. The molecule has 0 unspecified atom stereocenters. The average Bonchev–Trinajstić information content (AvgIpc) is 3.10. The molecule has 2 aromatic rings. The van der Waals surface area contributed by atoms with E-state index in [-0.39, 0.29) is 17.9 Å². The molecule has 0 spiro atoms. The smallest absolute Gasteiger partial charge is 0.223 e. The van der Waals surface area contributed by atoms with Gasteiger partial charge >= 0.3 is 0 Å². The topological polar surface area (TPSA) is 46.9 Å². The number of aromatic nitrogens is 2. The highest BCUT2D eigenvalue weighted by Crippen LogP contribution is 2.38. The van der Waals surface area contributed by atoms with E-state index in [0.29, 0.717) is 12.3 Å². The molecule has 0 bridgehead atoms. The van der Waals surface area contributed by atoms with Crippen LogP contribution in [0.4, 0.5) is 0 Å². The fraction of sp³-hybridized carbons (Fsp3) is 0.412. The van der Waals surface area contributed by atoms with Gasteiger partial charge in [0.25, 0.3) is 0 Å². The van der Waals surface area contributed by atoms with Crippen LogP contribution in [0.15, 0.2) is 42.7 Å². The number of nitrogens with zero attached hydrogens (tertiary/aromatic N) is 2. The molecule has 1 aliphatic rings. The first kappa shape index (κ1) is 13.9. The van der Waals surface area contributed by atoms with E-state index in [9.17, 15) is 4.79 Å². The summed E-state index contributed by atoms with van der Waals surface area (Å²) >= 11 is 0. The van der Waals surface area contributed by atoms with Gasteiger partial charge in [0.05, 0.1) is 6.04 Å². The number of carbonyl (C=O) groups is 1. The average molecular weight is 283 g/mol. The fourth-order valence-corrected chi connectivity index (χ4v) is 2.68. The Morgan fingerprint density at radius 3 is 2.71 bits per heavy atom. The minimum atomic E-state index is -0.0207. The molecule has 1 fully saturated rings. The van der Waals surface area contributed by atoms with E-state index >= 15 is 0 Å². The van der Waals surface area contributed by atoms with Crippen LogP contribution >= 0.6 is 0 Å². The Morgan fingerprint density at radius 2 is 2.14 bits per heavy atom. The Labute approximate surface area is 125 Å². The third-order valence-corrected chi connectivity index (χ3v) is 4.27. The Bertz CT molecular complexity index is 620. The zero-order valence-corrected chi connectivity index (χ0v) is 12.5. The van der Waals surface area contributed by atoms with Crippen molar-refractivity contribution in [2.24, 2.45) is 18.9 Å². The summed E-state index contributed by atoms with van der Waals surface area (Å²) in [5.74, 6) is 1.87. The van der Waals surface area contributed by atoms with Crippen LogP contribution in [0.2, 0.25) is 0 Å². The van der Waals surface area contributed by atoms with Gasteiger partial charge < -0.3 is 9.88 Å². The summed E-state index contributed by atoms with van der Waals surface area (Å²) in [5.41, 5.74) is 1.13. The Morgan fingerprint density at radius 1 is 1.43 bits per heavy atom. The zero-order chi connectivity index (χ0) is 14.8. The highest BCUT2D eigenvalue weighted by atomic mass is 16.2. The summed E-state index contributed by atoms with van der Waals surface area (Å²) < 4.78 is 2.00. The monoisotopic (exact) mass is 283 g/mol. The highest BCUT2D eigenvalue weighted by Gasteiger charge is 2.39. The number of hydrogen-bond acceptors (Lipinski definition) is 2. The molecule has 21 heavy (non-hydrogen) atoms. The van der Waals surface area contributed by atoms with Crippen LogP contribution in [0.3, 0.4) is 0 Å². The van der Waals surface area contributed by atoms with Crippen LogP contribution in [0.25, 0.3) is 0 Å². The van der Waals surface area contributed by atoms with Crippen molar-refractivity contribution in [3.05, 3.63) is 54.1 Å². The van der Waals surface area contributed by atoms with Crippen molar-refractivity contribution in [3.63, 3.8) is 0 Å². The molecular weight excluding hydrogens is 262 g/mol. The number of imidazole rings is 1. The molecule has 3 rings (SSSR count). The number of nitrogens with one attached hydrogen (secondary N) is 1. The van der Waals surface area contributed by atoms with E-state index in [1.807, 2.05) is 36.0 Å². The van der Waals surface area contributed by atoms with E-state index in [4.69, 9.17) is 0 Å². The van der Waals surface area contributed by atoms with Crippen LogP contribution in [0.5, 0.6) is 0 Å². The van der Waals surface area contributed by atoms with Crippen molar-refractivity contribution in [2.75, 3.05) is 0 Å². The lowest BCUT2D eigenvalue weighted by Gasteiger charge is -2.19. The predicted octanol–water partition coefficient (Wildman–Crippen LogP) is 2.48. The molecular formula is C17H21N3O. The SMILES string of the molecule is C[C@@H]1C[C@@H]1C(=O)N[C@H](Cc1nccn1C)c1ccccc1. The van der Waals surface area contributed by atoms with Gasteiger partial charge in [-0.1, -0.05) is 37.3 Å². The minimum absolute atomic E-state index is 0.0207. The Hall–Kier alpha value is -2.10. The van der Waals surface area contributed by atoms with Crippen molar-refractivity contribution < 1.29 is 4.79 Å². The minimum Gasteiger partial charge on any atom is -0.349 e. The van der Waals surface area contributed by atoms with E-state index in [1.54, 1.807) is 6.20 Å². The molecule has 0 radical (unpaired) electrons. The van der Waals surface area contributed by atoms with E-state index in [1.165, 1.54) is 0 Å². The Kier molecular flexibility index (Phi) is 3.78.